The van der Waals surface area contributed by atoms with Crippen molar-refractivity contribution in [2.75, 3.05) is 5.32 Å². The maximum absolute atomic E-state index is 11.4. The summed E-state index contributed by atoms with van der Waals surface area (Å²) in [5.41, 5.74) is 3.79. The molecule has 156 valence electrons. The number of cyclic esters (lactones) is 1. The standard InChI is InChI=1S/C21H15Cl2N5O3/c1-10(18-15(22)7-24-8-16(18)23)31-13-2-3-17-14(5-13)19(28-27-17)11-4-12-9-30-21(29)26-20(12)25-6-11/h2-8,10H,9H2,1H3,(H,27,28)(H,25,26,29)/t10-/m1/s1. The van der Waals surface area contributed by atoms with Gasteiger partial charge in [0.15, 0.2) is 0 Å². The van der Waals surface area contributed by atoms with Crippen molar-refractivity contribution < 1.29 is 14.3 Å². The number of nitrogens with zero attached hydrogens (tertiary/aromatic N) is 3. The normalized spacial score (nSPS) is 14.0. The van der Waals surface area contributed by atoms with E-state index < -0.39 is 6.09 Å². The van der Waals surface area contributed by atoms with E-state index in [4.69, 9.17) is 32.7 Å². The summed E-state index contributed by atoms with van der Waals surface area (Å²) in [4.78, 5) is 19.7. The first-order valence-electron chi connectivity index (χ1n) is 9.36. The lowest BCUT2D eigenvalue weighted by Gasteiger charge is -2.17. The molecule has 0 spiro atoms. The molecule has 8 nitrogen and oxygen atoms in total. The quantitative estimate of drug-likeness (QED) is 0.419. The summed E-state index contributed by atoms with van der Waals surface area (Å²) in [6.45, 7) is 2.03. The second-order valence-corrected chi connectivity index (χ2v) is 7.80. The van der Waals surface area contributed by atoms with Crippen LogP contribution in [0.25, 0.3) is 22.2 Å². The van der Waals surface area contributed by atoms with Gasteiger partial charge in [-0.1, -0.05) is 23.2 Å². The second-order valence-electron chi connectivity index (χ2n) is 6.99. The van der Waals surface area contributed by atoms with Gasteiger partial charge in [-0.2, -0.15) is 5.10 Å². The lowest BCUT2D eigenvalue weighted by atomic mass is 10.1. The Labute approximate surface area is 186 Å². The van der Waals surface area contributed by atoms with E-state index in [-0.39, 0.29) is 12.7 Å². The number of fused-ring (bicyclic) bond motifs is 2. The van der Waals surface area contributed by atoms with Gasteiger partial charge in [-0.3, -0.25) is 15.4 Å². The third-order valence-corrected chi connectivity index (χ3v) is 5.57. The van der Waals surface area contributed by atoms with Crippen molar-refractivity contribution in [2.24, 2.45) is 0 Å². The number of H-pyrrole nitrogens is 1. The summed E-state index contributed by atoms with van der Waals surface area (Å²) < 4.78 is 11.1. The monoisotopic (exact) mass is 455 g/mol. The number of rotatable bonds is 4. The number of carbonyl (C=O) groups is 1. The summed E-state index contributed by atoms with van der Waals surface area (Å²) in [7, 11) is 0. The largest absolute Gasteiger partial charge is 0.486 e. The number of hydrogen-bond acceptors (Lipinski definition) is 6. The van der Waals surface area contributed by atoms with E-state index >= 15 is 0 Å². The number of carbonyl (C=O) groups excluding carboxylic acids is 1. The van der Waals surface area contributed by atoms with Crippen LogP contribution in [0.4, 0.5) is 10.6 Å². The van der Waals surface area contributed by atoms with Crippen molar-refractivity contribution >= 4 is 46.0 Å². The molecule has 1 aliphatic rings. The molecule has 1 atom stereocenters. The van der Waals surface area contributed by atoms with Crippen molar-refractivity contribution in [3.8, 4) is 17.0 Å². The molecule has 1 aliphatic heterocycles. The lowest BCUT2D eigenvalue weighted by molar-refractivity contribution is 0.151. The van der Waals surface area contributed by atoms with Gasteiger partial charge in [-0.15, -0.1) is 0 Å². The second kappa shape index (κ2) is 7.72. The highest BCUT2D eigenvalue weighted by Crippen LogP contribution is 2.35. The van der Waals surface area contributed by atoms with Crippen LogP contribution in [-0.2, 0) is 11.3 Å². The summed E-state index contributed by atoms with van der Waals surface area (Å²) in [6.07, 6.45) is 3.84. The number of aromatic amines is 1. The van der Waals surface area contributed by atoms with E-state index in [1.165, 1.54) is 12.4 Å². The number of benzene rings is 1. The smallest absolute Gasteiger partial charge is 0.413 e. The Bertz CT molecular complexity index is 1300. The van der Waals surface area contributed by atoms with Crippen LogP contribution in [0.5, 0.6) is 5.75 Å². The number of ether oxygens (including phenoxy) is 2. The fraction of sp³-hybridized carbons (Fsp3) is 0.143. The van der Waals surface area contributed by atoms with Crippen LogP contribution in [-0.4, -0.2) is 26.3 Å². The highest BCUT2D eigenvalue weighted by atomic mass is 35.5. The van der Waals surface area contributed by atoms with E-state index in [1.807, 2.05) is 31.2 Å². The SMILES string of the molecule is C[C@@H](Oc1ccc2[nH]nc(-c3cnc4c(c3)COC(=O)N4)c2c1)c1c(Cl)cncc1Cl. The predicted octanol–water partition coefficient (Wildman–Crippen LogP) is 5.53. The molecule has 1 amide bonds. The number of pyridine rings is 2. The van der Waals surface area contributed by atoms with Crippen LogP contribution in [0.15, 0.2) is 42.9 Å². The first-order chi connectivity index (χ1) is 15.0. The van der Waals surface area contributed by atoms with Gasteiger partial charge in [0.2, 0.25) is 0 Å². The maximum atomic E-state index is 11.4. The molecule has 1 aromatic carbocycles. The topological polar surface area (TPSA) is 102 Å². The van der Waals surface area contributed by atoms with E-state index in [9.17, 15) is 4.79 Å². The third kappa shape index (κ3) is 3.64. The van der Waals surface area contributed by atoms with Crippen LogP contribution < -0.4 is 10.1 Å². The van der Waals surface area contributed by atoms with Gasteiger partial charge in [-0.05, 0) is 31.2 Å². The highest BCUT2D eigenvalue weighted by Gasteiger charge is 2.20. The van der Waals surface area contributed by atoms with Crippen molar-refractivity contribution in [1.82, 2.24) is 20.2 Å². The first kappa shape index (κ1) is 19.6. The Morgan fingerprint density at radius 2 is 1.97 bits per heavy atom. The van der Waals surface area contributed by atoms with Gasteiger partial charge < -0.3 is 9.47 Å². The lowest BCUT2D eigenvalue weighted by Crippen LogP contribution is -2.21. The Kier molecular flexibility index (Phi) is 4.88. The highest BCUT2D eigenvalue weighted by molar-refractivity contribution is 6.35. The van der Waals surface area contributed by atoms with Crippen molar-refractivity contribution in [3.63, 3.8) is 0 Å². The van der Waals surface area contributed by atoms with E-state index in [0.717, 1.165) is 22.0 Å². The maximum Gasteiger partial charge on any atom is 0.413 e. The van der Waals surface area contributed by atoms with Crippen LogP contribution in [0, 0.1) is 0 Å². The molecule has 4 aromatic rings. The van der Waals surface area contributed by atoms with Crippen LogP contribution in [0.2, 0.25) is 10.0 Å². The minimum atomic E-state index is -0.511. The van der Waals surface area contributed by atoms with E-state index in [0.29, 0.717) is 32.9 Å². The van der Waals surface area contributed by atoms with Gasteiger partial charge >= 0.3 is 6.09 Å². The summed E-state index contributed by atoms with van der Waals surface area (Å²) in [6, 6.07) is 7.52. The minimum Gasteiger partial charge on any atom is -0.486 e. The fourth-order valence-corrected chi connectivity index (χ4v) is 4.17. The van der Waals surface area contributed by atoms with Crippen LogP contribution in [0.1, 0.15) is 24.2 Å². The van der Waals surface area contributed by atoms with Gasteiger partial charge in [0.1, 0.15) is 30.0 Å². The Morgan fingerprint density at radius 3 is 2.77 bits per heavy atom. The molecular formula is C21H15Cl2N5O3. The minimum absolute atomic E-state index is 0.156. The molecule has 3 aromatic heterocycles. The molecule has 0 fully saturated rings. The molecule has 31 heavy (non-hydrogen) atoms. The van der Waals surface area contributed by atoms with Crippen LogP contribution >= 0.6 is 23.2 Å². The number of aromatic nitrogens is 4. The molecule has 0 bridgehead atoms. The first-order valence-corrected chi connectivity index (χ1v) is 10.1. The van der Waals surface area contributed by atoms with Gasteiger partial charge in [-0.25, -0.2) is 9.78 Å². The van der Waals surface area contributed by atoms with Crippen LogP contribution in [0.3, 0.4) is 0 Å². The number of halogens is 2. The van der Waals surface area contributed by atoms with Crippen molar-refractivity contribution in [2.45, 2.75) is 19.6 Å². The molecule has 10 heteroatoms. The molecule has 0 radical (unpaired) electrons. The average molecular weight is 456 g/mol. The molecule has 0 unspecified atom stereocenters. The Balaban J connectivity index is 1.48. The van der Waals surface area contributed by atoms with E-state index in [2.05, 4.69) is 25.5 Å². The average Bonchev–Trinajstić information content (AvgIpc) is 3.16. The number of anilines is 1. The zero-order valence-corrected chi connectivity index (χ0v) is 17.7. The number of nitrogens with one attached hydrogen (secondary N) is 2. The van der Waals surface area contributed by atoms with Gasteiger partial charge in [0, 0.05) is 40.7 Å². The zero-order chi connectivity index (χ0) is 21.5. The number of hydrogen-bond donors (Lipinski definition) is 2. The molecular weight excluding hydrogens is 441 g/mol. The van der Waals surface area contributed by atoms with Gasteiger partial charge in [0.25, 0.3) is 0 Å². The Morgan fingerprint density at radius 1 is 1.16 bits per heavy atom. The Hall–Kier alpha value is -3.36. The van der Waals surface area contributed by atoms with E-state index in [1.54, 1.807) is 6.20 Å². The summed E-state index contributed by atoms with van der Waals surface area (Å²) in [5.74, 6) is 1.12. The number of amides is 1. The van der Waals surface area contributed by atoms with Crippen molar-refractivity contribution in [1.29, 1.82) is 0 Å². The molecule has 0 saturated carbocycles. The van der Waals surface area contributed by atoms with Gasteiger partial charge in [0.05, 0.1) is 15.6 Å². The summed E-state index contributed by atoms with van der Waals surface area (Å²) >= 11 is 12.5. The zero-order valence-electron chi connectivity index (χ0n) is 16.1. The third-order valence-electron chi connectivity index (χ3n) is 4.96. The molecule has 5 rings (SSSR count). The molecule has 4 heterocycles. The fourth-order valence-electron chi connectivity index (χ4n) is 3.50. The summed E-state index contributed by atoms with van der Waals surface area (Å²) in [5, 5.41) is 11.8. The molecule has 0 saturated heterocycles. The molecule has 2 N–H and O–H groups in total. The predicted molar refractivity (Wildman–Crippen MR) is 116 cm³/mol. The van der Waals surface area contributed by atoms with Crippen molar-refractivity contribution in [3.05, 3.63) is 64.0 Å². The molecule has 0 aliphatic carbocycles.